The van der Waals surface area contributed by atoms with Gasteiger partial charge in [-0.05, 0) is 30.2 Å². The fraction of sp³-hybridized carbons (Fsp3) is 0.312. The number of nitrogens with one attached hydrogen (secondary N) is 1. The van der Waals surface area contributed by atoms with Crippen molar-refractivity contribution in [2.24, 2.45) is 5.73 Å². The van der Waals surface area contributed by atoms with E-state index < -0.39 is 5.54 Å². The lowest BCUT2D eigenvalue weighted by Gasteiger charge is -2.17. The molecule has 3 heteroatoms. The summed E-state index contributed by atoms with van der Waals surface area (Å²) in [6.07, 6.45) is 0.331. The van der Waals surface area contributed by atoms with E-state index in [0.717, 1.165) is 5.56 Å². The second-order valence-electron chi connectivity index (χ2n) is 5.58. The zero-order chi connectivity index (χ0) is 13.9. The molecule has 0 saturated carbocycles. The maximum absolute atomic E-state index is 11.8. The van der Waals surface area contributed by atoms with E-state index in [9.17, 15) is 4.79 Å². The van der Waals surface area contributed by atoms with Crippen LogP contribution in [0.15, 0.2) is 42.5 Å². The van der Waals surface area contributed by atoms with Crippen molar-refractivity contribution in [2.75, 3.05) is 0 Å². The van der Waals surface area contributed by atoms with Gasteiger partial charge in [-0.1, -0.05) is 42.5 Å². The summed E-state index contributed by atoms with van der Waals surface area (Å²) in [4.78, 5) is 11.8. The standard InChI is InChI=1S/C16H20N2O/c1-16(2,17)10-15(19)18-11-13-8-5-7-12-6-3-4-9-14(12)13/h3-9H,10-11,17H2,1-2H3,(H,18,19). The largest absolute Gasteiger partial charge is 0.352 e. The zero-order valence-electron chi connectivity index (χ0n) is 11.4. The Balaban J connectivity index is 2.08. The zero-order valence-corrected chi connectivity index (χ0v) is 11.4. The lowest BCUT2D eigenvalue weighted by molar-refractivity contribution is -0.122. The van der Waals surface area contributed by atoms with Gasteiger partial charge in [0.15, 0.2) is 0 Å². The van der Waals surface area contributed by atoms with Crippen LogP contribution in [0, 0.1) is 0 Å². The molecule has 0 aliphatic heterocycles. The van der Waals surface area contributed by atoms with Gasteiger partial charge in [-0.15, -0.1) is 0 Å². The van der Waals surface area contributed by atoms with Gasteiger partial charge in [0, 0.05) is 18.5 Å². The van der Waals surface area contributed by atoms with Crippen LogP contribution in [0.1, 0.15) is 25.8 Å². The van der Waals surface area contributed by atoms with E-state index in [-0.39, 0.29) is 5.91 Å². The molecule has 0 aromatic heterocycles. The first-order valence-electron chi connectivity index (χ1n) is 6.48. The summed E-state index contributed by atoms with van der Waals surface area (Å²) in [5.41, 5.74) is 6.49. The summed E-state index contributed by atoms with van der Waals surface area (Å²) < 4.78 is 0. The number of nitrogens with two attached hydrogens (primary N) is 1. The first kappa shape index (κ1) is 13.6. The molecule has 0 atom stereocenters. The fourth-order valence-corrected chi connectivity index (χ4v) is 2.12. The lowest BCUT2D eigenvalue weighted by Crippen LogP contribution is -2.38. The molecule has 0 radical (unpaired) electrons. The summed E-state index contributed by atoms with van der Waals surface area (Å²) in [6, 6.07) is 14.3. The molecular formula is C16H20N2O. The predicted molar refractivity (Wildman–Crippen MR) is 78.7 cm³/mol. The van der Waals surface area contributed by atoms with Gasteiger partial charge in [0.25, 0.3) is 0 Å². The number of carbonyl (C=O) groups is 1. The summed E-state index contributed by atoms with van der Waals surface area (Å²) in [7, 11) is 0. The number of hydrogen-bond donors (Lipinski definition) is 2. The number of amides is 1. The van der Waals surface area contributed by atoms with Crippen LogP contribution < -0.4 is 11.1 Å². The average Bonchev–Trinajstić information content (AvgIpc) is 2.34. The minimum Gasteiger partial charge on any atom is -0.352 e. The van der Waals surface area contributed by atoms with Gasteiger partial charge in [-0.3, -0.25) is 4.79 Å². The van der Waals surface area contributed by atoms with Crippen molar-refractivity contribution < 1.29 is 4.79 Å². The Kier molecular flexibility index (Phi) is 3.86. The summed E-state index contributed by atoms with van der Waals surface area (Å²) >= 11 is 0. The Morgan fingerprint density at radius 3 is 2.58 bits per heavy atom. The van der Waals surface area contributed by atoms with Crippen LogP contribution in [0.25, 0.3) is 10.8 Å². The normalized spacial score (nSPS) is 11.5. The van der Waals surface area contributed by atoms with Crippen LogP contribution in [-0.4, -0.2) is 11.4 Å². The minimum absolute atomic E-state index is 0.0135. The molecule has 2 aromatic carbocycles. The van der Waals surface area contributed by atoms with E-state index in [1.807, 2.05) is 38.1 Å². The third kappa shape index (κ3) is 3.80. The highest BCUT2D eigenvalue weighted by Gasteiger charge is 2.16. The summed E-state index contributed by atoms with van der Waals surface area (Å²) in [5, 5.41) is 5.30. The third-order valence-corrected chi connectivity index (χ3v) is 2.97. The van der Waals surface area contributed by atoms with Crippen molar-refractivity contribution >= 4 is 16.7 Å². The maximum Gasteiger partial charge on any atom is 0.222 e. The fourth-order valence-electron chi connectivity index (χ4n) is 2.12. The molecule has 0 fully saturated rings. The van der Waals surface area contributed by atoms with Crippen LogP contribution in [0.5, 0.6) is 0 Å². The average molecular weight is 256 g/mol. The molecule has 0 bridgehead atoms. The molecule has 2 rings (SSSR count). The van der Waals surface area contributed by atoms with Crippen molar-refractivity contribution in [3.05, 3.63) is 48.0 Å². The van der Waals surface area contributed by atoms with Gasteiger partial charge in [0.05, 0.1) is 0 Å². The number of benzene rings is 2. The second kappa shape index (κ2) is 5.41. The van der Waals surface area contributed by atoms with E-state index in [0.29, 0.717) is 13.0 Å². The molecule has 0 heterocycles. The van der Waals surface area contributed by atoms with E-state index in [2.05, 4.69) is 23.5 Å². The first-order valence-corrected chi connectivity index (χ1v) is 6.48. The smallest absolute Gasteiger partial charge is 0.222 e. The molecule has 3 N–H and O–H groups in total. The molecule has 100 valence electrons. The van der Waals surface area contributed by atoms with Crippen molar-refractivity contribution in [1.82, 2.24) is 5.32 Å². The van der Waals surface area contributed by atoms with Crippen LogP contribution in [-0.2, 0) is 11.3 Å². The molecule has 0 unspecified atom stereocenters. The van der Waals surface area contributed by atoms with Gasteiger partial charge in [0.1, 0.15) is 0 Å². The van der Waals surface area contributed by atoms with Gasteiger partial charge in [-0.25, -0.2) is 0 Å². The van der Waals surface area contributed by atoms with Crippen molar-refractivity contribution in [1.29, 1.82) is 0 Å². The Morgan fingerprint density at radius 1 is 1.16 bits per heavy atom. The van der Waals surface area contributed by atoms with E-state index >= 15 is 0 Å². The van der Waals surface area contributed by atoms with Gasteiger partial charge < -0.3 is 11.1 Å². The summed E-state index contributed by atoms with van der Waals surface area (Å²) in [5.74, 6) is -0.0135. The van der Waals surface area contributed by atoms with E-state index in [4.69, 9.17) is 5.73 Å². The highest BCUT2D eigenvalue weighted by molar-refractivity contribution is 5.86. The Labute approximate surface area is 113 Å². The van der Waals surface area contributed by atoms with Gasteiger partial charge in [0.2, 0.25) is 5.91 Å². The maximum atomic E-state index is 11.8. The Morgan fingerprint density at radius 2 is 1.84 bits per heavy atom. The quantitative estimate of drug-likeness (QED) is 0.883. The molecule has 0 saturated heterocycles. The molecule has 2 aromatic rings. The first-order chi connectivity index (χ1) is 8.96. The predicted octanol–water partition coefficient (Wildman–Crippen LogP) is 2.58. The third-order valence-electron chi connectivity index (χ3n) is 2.97. The highest BCUT2D eigenvalue weighted by Crippen LogP contribution is 2.18. The van der Waals surface area contributed by atoms with E-state index in [1.165, 1.54) is 10.8 Å². The molecular weight excluding hydrogens is 236 g/mol. The molecule has 1 amide bonds. The second-order valence-corrected chi connectivity index (χ2v) is 5.58. The van der Waals surface area contributed by atoms with Gasteiger partial charge in [-0.2, -0.15) is 0 Å². The number of fused-ring (bicyclic) bond motifs is 1. The molecule has 0 spiro atoms. The van der Waals surface area contributed by atoms with Crippen LogP contribution in [0.3, 0.4) is 0 Å². The number of carbonyl (C=O) groups excluding carboxylic acids is 1. The van der Waals surface area contributed by atoms with Crippen molar-refractivity contribution in [3.8, 4) is 0 Å². The monoisotopic (exact) mass is 256 g/mol. The SMILES string of the molecule is CC(C)(N)CC(=O)NCc1cccc2ccccc12. The number of hydrogen-bond acceptors (Lipinski definition) is 2. The summed E-state index contributed by atoms with van der Waals surface area (Å²) in [6.45, 7) is 4.24. The van der Waals surface area contributed by atoms with Crippen LogP contribution in [0.2, 0.25) is 0 Å². The Hall–Kier alpha value is -1.87. The highest BCUT2D eigenvalue weighted by atomic mass is 16.1. The minimum atomic E-state index is -0.469. The number of rotatable bonds is 4. The van der Waals surface area contributed by atoms with Crippen LogP contribution in [0.4, 0.5) is 0 Å². The Bertz CT molecular complexity index is 579. The van der Waals surface area contributed by atoms with Gasteiger partial charge >= 0.3 is 0 Å². The molecule has 19 heavy (non-hydrogen) atoms. The van der Waals surface area contributed by atoms with Crippen molar-refractivity contribution in [2.45, 2.75) is 32.4 Å². The molecule has 0 aliphatic rings. The molecule has 0 aliphatic carbocycles. The molecule has 3 nitrogen and oxygen atoms in total. The van der Waals surface area contributed by atoms with Crippen LogP contribution >= 0.6 is 0 Å². The lowest BCUT2D eigenvalue weighted by atomic mass is 10.0. The topological polar surface area (TPSA) is 55.1 Å². The van der Waals surface area contributed by atoms with Crippen molar-refractivity contribution in [3.63, 3.8) is 0 Å². The van der Waals surface area contributed by atoms with E-state index in [1.54, 1.807) is 0 Å².